The van der Waals surface area contributed by atoms with Gasteiger partial charge in [0.2, 0.25) is 6.10 Å². The summed E-state index contributed by atoms with van der Waals surface area (Å²) in [7, 11) is 0. The van der Waals surface area contributed by atoms with Crippen molar-refractivity contribution >= 4 is 23.9 Å². The van der Waals surface area contributed by atoms with Crippen LogP contribution in [0, 0.1) is 11.3 Å². The normalized spacial score (nSPS) is 23.7. The van der Waals surface area contributed by atoms with E-state index >= 15 is 0 Å². The van der Waals surface area contributed by atoms with E-state index in [4.69, 9.17) is 4.18 Å². The highest BCUT2D eigenvalue weighted by atomic mass is 32.2. The number of fused-ring (bicyclic) bond motifs is 2. The molecule has 0 aliphatic heterocycles. The molecule has 1 unspecified atom stereocenters. The highest BCUT2D eigenvalue weighted by Crippen LogP contribution is 2.48. The number of carboxylic acids is 1. The van der Waals surface area contributed by atoms with E-state index in [0.29, 0.717) is 6.54 Å². The summed E-state index contributed by atoms with van der Waals surface area (Å²) in [6.07, 6.45) is 8.69. The molecule has 0 spiro atoms. The predicted molar refractivity (Wildman–Crippen MR) is 119 cm³/mol. The number of hydrogen-bond donors (Lipinski definition) is 2. The number of pyridine rings is 1. The van der Waals surface area contributed by atoms with Crippen LogP contribution in [-0.2, 0) is 8.98 Å². The SMILES string of the molecule is O=C(NCC12CCCC(CCC1)C2)c1cccnc1C(OSc1ccccc1)C(=O)O. The molecule has 1 atom stereocenters. The number of carbonyl (C=O) groups is 2. The summed E-state index contributed by atoms with van der Waals surface area (Å²) >= 11 is 0.966. The van der Waals surface area contributed by atoms with Crippen LogP contribution in [0.15, 0.2) is 53.6 Å². The van der Waals surface area contributed by atoms with Gasteiger partial charge in [-0.25, -0.2) is 4.79 Å². The molecule has 1 aromatic carbocycles. The van der Waals surface area contributed by atoms with Crippen molar-refractivity contribution in [2.45, 2.75) is 55.9 Å². The Balaban J connectivity index is 1.47. The molecule has 0 saturated heterocycles. The summed E-state index contributed by atoms with van der Waals surface area (Å²) < 4.78 is 5.60. The van der Waals surface area contributed by atoms with Gasteiger partial charge in [0.25, 0.3) is 5.91 Å². The molecular weight excluding hydrogens is 412 g/mol. The highest BCUT2D eigenvalue weighted by molar-refractivity contribution is 7.94. The Hall–Kier alpha value is -2.38. The van der Waals surface area contributed by atoms with Crippen LogP contribution in [0.5, 0.6) is 0 Å². The minimum absolute atomic E-state index is 0.124. The summed E-state index contributed by atoms with van der Waals surface area (Å²) in [4.78, 5) is 30.0. The molecule has 2 N–H and O–H groups in total. The lowest BCUT2D eigenvalue weighted by Gasteiger charge is -2.45. The van der Waals surface area contributed by atoms with Crippen LogP contribution in [0.1, 0.15) is 67.1 Å². The maximum Gasteiger partial charge on any atom is 0.340 e. The number of carboxylic acid groups (broad SMARTS) is 1. The van der Waals surface area contributed by atoms with Gasteiger partial charge >= 0.3 is 5.97 Å². The van der Waals surface area contributed by atoms with E-state index in [0.717, 1.165) is 35.7 Å². The van der Waals surface area contributed by atoms with Crippen molar-refractivity contribution in [2.24, 2.45) is 11.3 Å². The summed E-state index contributed by atoms with van der Waals surface area (Å²) in [5.41, 5.74) is 0.562. The fraction of sp³-hybridized carbons (Fsp3) is 0.458. The highest BCUT2D eigenvalue weighted by Gasteiger charge is 2.39. The molecular formula is C24H28N2O4S. The Morgan fingerprint density at radius 2 is 1.90 bits per heavy atom. The zero-order valence-electron chi connectivity index (χ0n) is 17.5. The summed E-state index contributed by atoms with van der Waals surface area (Å²) in [6, 6.07) is 12.5. The van der Waals surface area contributed by atoms with Gasteiger partial charge in [0, 0.05) is 29.7 Å². The summed E-state index contributed by atoms with van der Waals surface area (Å²) in [5.74, 6) is -0.685. The van der Waals surface area contributed by atoms with Crippen LogP contribution in [-0.4, -0.2) is 28.5 Å². The third kappa shape index (κ3) is 5.28. The van der Waals surface area contributed by atoms with Crippen LogP contribution >= 0.6 is 12.0 Å². The Bertz CT molecular complexity index is 911. The first-order chi connectivity index (χ1) is 15.1. The first-order valence-corrected chi connectivity index (χ1v) is 11.6. The zero-order chi connectivity index (χ0) is 21.7. The van der Waals surface area contributed by atoms with Crippen LogP contribution in [0.4, 0.5) is 0 Å². The second kappa shape index (κ2) is 9.83. The first kappa shape index (κ1) is 21.8. The van der Waals surface area contributed by atoms with Crippen molar-refractivity contribution in [3.8, 4) is 0 Å². The number of aliphatic carboxylic acids is 1. The number of carbonyl (C=O) groups excluding carboxylic acids is 1. The number of aromatic nitrogens is 1. The Morgan fingerprint density at radius 1 is 1.16 bits per heavy atom. The fourth-order valence-electron chi connectivity index (χ4n) is 5.04. The second-order valence-corrected chi connectivity index (χ2v) is 9.51. The molecule has 2 aromatic rings. The lowest BCUT2D eigenvalue weighted by atomic mass is 9.62. The average Bonchev–Trinajstić information content (AvgIpc) is 2.78. The number of hydrogen-bond acceptors (Lipinski definition) is 5. The molecule has 1 heterocycles. The lowest BCUT2D eigenvalue weighted by Crippen LogP contribution is -2.43. The van der Waals surface area contributed by atoms with Crippen LogP contribution < -0.4 is 5.32 Å². The van der Waals surface area contributed by atoms with E-state index in [1.807, 2.05) is 30.3 Å². The predicted octanol–water partition coefficient (Wildman–Crippen LogP) is 5.02. The monoisotopic (exact) mass is 440 g/mol. The van der Waals surface area contributed by atoms with E-state index in [2.05, 4.69) is 10.3 Å². The summed E-state index contributed by atoms with van der Waals surface area (Å²) in [5, 5.41) is 12.8. The molecule has 2 saturated carbocycles. The van der Waals surface area contributed by atoms with E-state index in [1.165, 1.54) is 38.3 Å². The first-order valence-electron chi connectivity index (χ1n) is 10.9. The lowest BCUT2D eigenvalue weighted by molar-refractivity contribution is -0.144. The smallest absolute Gasteiger partial charge is 0.340 e. The maximum absolute atomic E-state index is 13.1. The minimum atomic E-state index is -1.35. The van der Waals surface area contributed by atoms with Crippen molar-refractivity contribution in [1.82, 2.24) is 10.3 Å². The van der Waals surface area contributed by atoms with Gasteiger partial charge in [-0.1, -0.05) is 43.9 Å². The van der Waals surface area contributed by atoms with Crippen molar-refractivity contribution < 1.29 is 18.9 Å². The second-order valence-electron chi connectivity index (χ2n) is 8.68. The molecule has 31 heavy (non-hydrogen) atoms. The summed E-state index contributed by atoms with van der Waals surface area (Å²) in [6.45, 7) is 0.633. The molecule has 2 bridgehead atoms. The van der Waals surface area contributed by atoms with Gasteiger partial charge in [0.15, 0.2) is 0 Å². The molecule has 1 aromatic heterocycles. The van der Waals surface area contributed by atoms with E-state index in [9.17, 15) is 14.7 Å². The molecule has 4 rings (SSSR count). The van der Waals surface area contributed by atoms with Crippen molar-refractivity contribution in [3.63, 3.8) is 0 Å². The van der Waals surface area contributed by atoms with Gasteiger partial charge in [-0.05, 0) is 54.9 Å². The molecule has 2 fully saturated rings. The Kier molecular flexibility index (Phi) is 6.92. The van der Waals surface area contributed by atoms with E-state index < -0.39 is 12.1 Å². The molecule has 2 aliphatic rings. The number of nitrogens with one attached hydrogen (secondary N) is 1. The number of amides is 1. The van der Waals surface area contributed by atoms with Crippen LogP contribution in [0.3, 0.4) is 0 Å². The maximum atomic E-state index is 13.1. The van der Waals surface area contributed by atoms with Gasteiger partial charge in [0.05, 0.1) is 11.3 Å². The van der Waals surface area contributed by atoms with Gasteiger partial charge < -0.3 is 10.4 Å². The van der Waals surface area contributed by atoms with Gasteiger partial charge in [-0.15, -0.1) is 0 Å². The zero-order valence-corrected chi connectivity index (χ0v) is 18.3. The third-order valence-corrected chi connectivity index (χ3v) is 7.28. The van der Waals surface area contributed by atoms with E-state index in [1.54, 1.807) is 12.1 Å². The topological polar surface area (TPSA) is 88.5 Å². The van der Waals surface area contributed by atoms with Crippen LogP contribution in [0.2, 0.25) is 0 Å². The van der Waals surface area contributed by atoms with Gasteiger partial charge in [0.1, 0.15) is 0 Å². The average molecular weight is 441 g/mol. The van der Waals surface area contributed by atoms with Crippen molar-refractivity contribution in [2.75, 3.05) is 6.54 Å². The number of rotatable bonds is 8. The standard InChI is InChI=1S/C24H28N2O4S/c27-22(26-16-24-12-4-7-17(15-24)8-5-13-24)19-11-6-14-25-20(19)21(23(28)29)30-31-18-9-2-1-3-10-18/h1-3,6,9-11,14,17,21H,4-5,7-8,12-13,15-16H2,(H,26,27)(H,28,29). The Labute approximate surface area is 187 Å². The number of benzene rings is 1. The fourth-order valence-corrected chi connectivity index (χ4v) is 5.68. The van der Waals surface area contributed by atoms with Crippen molar-refractivity contribution in [3.05, 3.63) is 59.9 Å². The van der Waals surface area contributed by atoms with Crippen LogP contribution in [0.25, 0.3) is 0 Å². The van der Waals surface area contributed by atoms with Gasteiger partial charge in [-0.2, -0.15) is 0 Å². The Morgan fingerprint density at radius 3 is 2.61 bits per heavy atom. The van der Waals surface area contributed by atoms with Crippen molar-refractivity contribution in [1.29, 1.82) is 0 Å². The quantitative estimate of drug-likeness (QED) is 0.560. The largest absolute Gasteiger partial charge is 0.479 e. The molecule has 0 radical (unpaired) electrons. The molecule has 1 amide bonds. The van der Waals surface area contributed by atoms with Gasteiger partial charge in [-0.3, -0.25) is 14.0 Å². The molecule has 164 valence electrons. The third-order valence-electron chi connectivity index (χ3n) is 6.52. The minimum Gasteiger partial charge on any atom is -0.479 e. The number of nitrogens with zero attached hydrogens (tertiary/aromatic N) is 1. The molecule has 7 heteroatoms. The molecule has 2 aliphatic carbocycles. The molecule has 6 nitrogen and oxygen atoms in total. The van der Waals surface area contributed by atoms with E-state index in [-0.39, 0.29) is 22.6 Å².